The molecule has 0 radical (unpaired) electrons. The van der Waals surface area contributed by atoms with Crippen molar-refractivity contribution in [2.45, 2.75) is 18.4 Å². The molecule has 1 aromatic carbocycles. The molecule has 0 aliphatic carbocycles. The van der Waals surface area contributed by atoms with Crippen molar-refractivity contribution in [1.82, 2.24) is 15.1 Å². The Kier molecular flexibility index (Phi) is 4.49. The summed E-state index contributed by atoms with van der Waals surface area (Å²) in [6.07, 6.45) is 1.78. The number of nitrogens with one attached hydrogen (secondary N) is 1. The third-order valence-electron chi connectivity index (χ3n) is 6.02. The lowest BCUT2D eigenvalue weighted by Gasteiger charge is -2.40. The van der Waals surface area contributed by atoms with E-state index in [9.17, 15) is 9.59 Å². The molecule has 0 aromatic heterocycles. The molecule has 140 valence electrons. The Bertz CT molecular complexity index is 714. The minimum atomic E-state index is -0.522. The van der Waals surface area contributed by atoms with Crippen molar-refractivity contribution in [1.29, 1.82) is 0 Å². The van der Waals surface area contributed by atoms with Crippen molar-refractivity contribution in [3.63, 3.8) is 0 Å². The van der Waals surface area contributed by atoms with E-state index in [1.807, 2.05) is 24.3 Å². The number of fused-ring (bicyclic) bond motifs is 1. The van der Waals surface area contributed by atoms with Gasteiger partial charge in [-0.05, 0) is 30.4 Å². The zero-order valence-electron chi connectivity index (χ0n) is 15.5. The Balaban J connectivity index is 1.63. The van der Waals surface area contributed by atoms with E-state index in [2.05, 4.69) is 10.2 Å². The van der Waals surface area contributed by atoms with Gasteiger partial charge in [-0.2, -0.15) is 0 Å². The van der Waals surface area contributed by atoms with Crippen molar-refractivity contribution < 1.29 is 14.3 Å². The van der Waals surface area contributed by atoms with Gasteiger partial charge in [0.05, 0.1) is 18.1 Å². The van der Waals surface area contributed by atoms with Crippen molar-refractivity contribution in [3.05, 3.63) is 35.4 Å². The number of amides is 2. The van der Waals surface area contributed by atoms with Crippen LogP contribution in [0.15, 0.2) is 24.3 Å². The molecular weight excluding hydrogens is 330 g/mol. The van der Waals surface area contributed by atoms with Gasteiger partial charge in [-0.3, -0.25) is 14.5 Å². The summed E-state index contributed by atoms with van der Waals surface area (Å²) in [5.41, 5.74) is 1.25. The van der Waals surface area contributed by atoms with Gasteiger partial charge in [0.15, 0.2) is 0 Å². The molecule has 4 rings (SSSR count). The topological polar surface area (TPSA) is 61.9 Å². The second-order valence-electron chi connectivity index (χ2n) is 8.15. The molecule has 3 aliphatic rings. The Labute approximate surface area is 154 Å². The summed E-state index contributed by atoms with van der Waals surface area (Å²) in [7, 11) is 3.59. The lowest BCUT2D eigenvalue weighted by molar-refractivity contribution is -0.134. The SMILES string of the molecule is CN(C)C(=O)[C@@H]1CN(CC2CCOC2)C[C@]12Cc1ccccc1C(=O)N2. The normalized spacial score (nSPS) is 31.1. The molecule has 1 N–H and O–H groups in total. The van der Waals surface area contributed by atoms with E-state index >= 15 is 0 Å². The monoisotopic (exact) mass is 357 g/mol. The van der Waals surface area contributed by atoms with Crippen LogP contribution in [0.5, 0.6) is 0 Å². The largest absolute Gasteiger partial charge is 0.381 e. The number of carbonyl (C=O) groups excluding carboxylic acids is 2. The Morgan fingerprint density at radius 2 is 2.19 bits per heavy atom. The molecule has 0 bridgehead atoms. The number of hydrogen-bond donors (Lipinski definition) is 1. The summed E-state index contributed by atoms with van der Waals surface area (Å²) in [6, 6.07) is 7.74. The van der Waals surface area contributed by atoms with Gasteiger partial charge in [-0.15, -0.1) is 0 Å². The first-order valence-electron chi connectivity index (χ1n) is 9.40. The molecule has 0 saturated carbocycles. The molecule has 1 aromatic rings. The predicted octanol–water partition coefficient (Wildman–Crippen LogP) is 0.768. The highest BCUT2D eigenvalue weighted by Crippen LogP contribution is 2.37. The molecule has 26 heavy (non-hydrogen) atoms. The molecule has 2 saturated heterocycles. The number of carbonyl (C=O) groups is 2. The van der Waals surface area contributed by atoms with Gasteiger partial charge in [0.25, 0.3) is 5.91 Å². The van der Waals surface area contributed by atoms with Crippen molar-refractivity contribution >= 4 is 11.8 Å². The van der Waals surface area contributed by atoms with Crippen molar-refractivity contribution in [2.24, 2.45) is 11.8 Å². The van der Waals surface area contributed by atoms with E-state index in [0.29, 0.717) is 25.4 Å². The van der Waals surface area contributed by atoms with Crippen LogP contribution in [0.3, 0.4) is 0 Å². The summed E-state index contributed by atoms with van der Waals surface area (Å²) < 4.78 is 5.51. The molecule has 3 atom stereocenters. The molecule has 3 aliphatic heterocycles. The second-order valence-corrected chi connectivity index (χ2v) is 8.15. The average molecular weight is 357 g/mol. The Hall–Kier alpha value is -1.92. The molecule has 6 heteroatoms. The maximum Gasteiger partial charge on any atom is 0.252 e. The zero-order valence-corrected chi connectivity index (χ0v) is 15.5. The van der Waals surface area contributed by atoms with Gasteiger partial charge < -0.3 is 15.0 Å². The first kappa shape index (κ1) is 17.5. The predicted molar refractivity (Wildman–Crippen MR) is 97.9 cm³/mol. The van der Waals surface area contributed by atoms with Crippen LogP contribution in [0.1, 0.15) is 22.3 Å². The fourth-order valence-electron chi connectivity index (χ4n) is 4.74. The summed E-state index contributed by atoms with van der Waals surface area (Å²) in [6.45, 7) is 3.96. The van der Waals surface area contributed by atoms with E-state index in [1.165, 1.54) is 0 Å². The highest BCUT2D eigenvalue weighted by molar-refractivity contribution is 5.98. The van der Waals surface area contributed by atoms with Crippen LogP contribution in [0.2, 0.25) is 0 Å². The summed E-state index contributed by atoms with van der Waals surface area (Å²) >= 11 is 0. The van der Waals surface area contributed by atoms with E-state index in [0.717, 1.165) is 37.3 Å². The maximum atomic E-state index is 12.9. The van der Waals surface area contributed by atoms with E-state index in [-0.39, 0.29) is 17.7 Å². The quantitative estimate of drug-likeness (QED) is 0.868. The molecular formula is C20H27N3O3. The van der Waals surface area contributed by atoms with Gasteiger partial charge in [0.2, 0.25) is 5.91 Å². The standard InChI is InChI=1S/C20H27N3O3/c1-22(2)19(25)17-11-23(10-14-7-8-26-12-14)13-20(17)9-15-5-3-4-6-16(15)18(24)21-20/h3-6,14,17H,7-13H2,1-2H3,(H,21,24)/t14?,17-,20+/m0/s1. The fourth-order valence-corrected chi connectivity index (χ4v) is 4.74. The third kappa shape index (κ3) is 3.01. The molecule has 2 fully saturated rings. The van der Waals surface area contributed by atoms with Gasteiger partial charge >= 0.3 is 0 Å². The fraction of sp³-hybridized carbons (Fsp3) is 0.600. The first-order valence-corrected chi connectivity index (χ1v) is 9.40. The van der Waals surface area contributed by atoms with Crippen LogP contribution >= 0.6 is 0 Å². The summed E-state index contributed by atoms with van der Waals surface area (Å²) in [5, 5.41) is 3.23. The Morgan fingerprint density at radius 1 is 1.38 bits per heavy atom. The van der Waals surface area contributed by atoms with Crippen LogP contribution < -0.4 is 5.32 Å². The molecule has 1 unspecified atom stereocenters. The number of ether oxygens (including phenoxy) is 1. The number of likely N-dealkylation sites (tertiary alicyclic amines) is 1. The number of rotatable bonds is 3. The minimum Gasteiger partial charge on any atom is -0.381 e. The van der Waals surface area contributed by atoms with E-state index in [4.69, 9.17) is 4.74 Å². The average Bonchev–Trinajstić information content (AvgIpc) is 3.22. The minimum absolute atomic E-state index is 0.0607. The van der Waals surface area contributed by atoms with Crippen LogP contribution in [0.4, 0.5) is 0 Å². The molecule has 2 amide bonds. The zero-order chi connectivity index (χ0) is 18.3. The highest BCUT2D eigenvalue weighted by atomic mass is 16.5. The lowest BCUT2D eigenvalue weighted by Crippen LogP contribution is -2.61. The summed E-state index contributed by atoms with van der Waals surface area (Å²) in [4.78, 5) is 29.7. The van der Waals surface area contributed by atoms with Gasteiger partial charge in [0, 0.05) is 45.9 Å². The second kappa shape index (κ2) is 6.67. The lowest BCUT2D eigenvalue weighted by atomic mass is 9.77. The van der Waals surface area contributed by atoms with Crippen LogP contribution in [-0.4, -0.2) is 74.1 Å². The smallest absolute Gasteiger partial charge is 0.252 e. The number of nitrogens with zero attached hydrogens (tertiary/aromatic N) is 2. The van der Waals surface area contributed by atoms with Crippen LogP contribution in [-0.2, 0) is 16.0 Å². The van der Waals surface area contributed by atoms with Gasteiger partial charge in [-0.1, -0.05) is 18.2 Å². The number of hydrogen-bond acceptors (Lipinski definition) is 4. The number of benzene rings is 1. The van der Waals surface area contributed by atoms with Gasteiger partial charge in [0.1, 0.15) is 0 Å². The molecule has 6 nitrogen and oxygen atoms in total. The third-order valence-corrected chi connectivity index (χ3v) is 6.02. The molecule has 1 spiro atoms. The van der Waals surface area contributed by atoms with Crippen molar-refractivity contribution in [3.8, 4) is 0 Å². The van der Waals surface area contributed by atoms with Crippen LogP contribution in [0.25, 0.3) is 0 Å². The van der Waals surface area contributed by atoms with Crippen molar-refractivity contribution in [2.75, 3.05) is 46.9 Å². The first-order chi connectivity index (χ1) is 12.5. The van der Waals surface area contributed by atoms with E-state index < -0.39 is 5.54 Å². The Morgan fingerprint density at radius 3 is 2.92 bits per heavy atom. The highest BCUT2D eigenvalue weighted by Gasteiger charge is 2.53. The van der Waals surface area contributed by atoms with Crippen LogP contribution in [0, 0.1) is 11.8 Å². The maximum absolute atomic E-state index is 12.9. The van der Waals surface area contributed by atoms with Gasteiger partial charge in [-0.25, -0.2) is 0 Å². The van der Waals surface area contributed by atoms with E-state index in [1.54, 1.807) is 19.0 Å². The molecule has 3 heterocycles. The summed E-state index contributed by atoms with van der Waals surface area (Å²) in [5.74, 6) is 0.327.